The van der Waals surface area contributed by atoms with Gasteiger partial charge in [-0.2, -0.15) is 0 Å². The first-order valence-corrected chi connectivity index (χ1v) is 9.42. The summed E-state index contributed by atoms with van der Waals surface area (Å²) in [4.78, 5) is 23.6. The predicted molar refractivity (Wildman–Crippen MR) is 108 cm³/mol. The van der Waals surface area contributed by atoms with Crippen LogP contribution in [-0.2, 0) is 16.0 Å². The molecule has 0 aromatic heterocycles. The second kappa shape index (κ2) is 10.4. The highest BCUT2D eigenvalue weighted by atomic mass is 16.5. The maximum Gasteiger partial charge on any atom is 0.224 e. The van der Waals surface area contributed by atoms with Crippen molar-refractivity contribution >= 4 is 17.5 Å². The SMILES string of the molecule is CCOc1ccc(CCC(=O)NC(C)c2ccc(NC(=O)CC)cc2)cc1. The van der Waals surface area contributed by atoms with Crippen molar-refractivity contribution in [3.63, 3.8) is 0 Å². The molecule has 0 fully saturated rings. The lowest BCUT2D eigenvalue weighted by Crippen LogP contribution is -2.26. The van der Waals surface area contributed by atoms with Crippen LogP contribution in [-0.4, -0.2) is 18.4 Å². The van der Waals surface area contributed by atoms with Crippen molar-refractivity contribution in [2.24, 2.45) is 0 Å². The molecule has 0 spiro atoms. The second-order valence-electron chi connectivity index (χ2n) is 6.39. The van der Waals surface area contributed by atoms with Crippen LogP contribution in [0.4, 0.5) is 5.69 Å². The molecule has 0 heterocycles. The van der Waals surface area contributed by atoms with Crippen LogP contribution in [0, 0.1) is 0 Å². The third-order valence-electron chi connectivity index (χ3n) is 4.27. The van der Waals surface area contributed by atoms with Crippen LogP contribution in [0.15, 0.2) is 48.5 Å². The van der Waals surface area contributed by atoms with E-state index in [0.717, 1.165) is 22.6 Å². The van der Waals surface area contributed by atoms with Crippen LogP contribution in [0.2, 0.25) is 0 Å². The molecule has 0 saturated heterocycles. The molecule has 2 rings (SSSR count). The third kappa shape index (κ3) is 6.77. The average molecular weight is 368 g/mol. The molecule has 2 aromatic rings. The molecule has 2 aromatic carbocycles. The van der Waals surface area contributed by atoms with E-state index >= 15 is 0 Å². The molecule has 5 nitrogen and oxygen atoms in total. The topological polar surface area (TPSA) is 67.4 Å². The van der Waals surface area contributed by atoms with Crippen molar-refractivity contribution in [3.8, 4) is 5.75 Å². The molecule has 144 valence electrons. The summed E-state index contributed by atoms with van der Waals surface area (Å²) in [6.07, 6.45) is 1.57. The number of nitrogens with one attached hydrogen (secondary N) is 2. The zero-order chi connectivity index (χ0) is 19.6. The lowest BCUT2D eigenvalue weighted by Gasteiger charge is -2.15. The molecular weight excluding hydrogens is 340 g/mol. The van der Waals surface area contributed by atoms with Gasteiger partial charge in [0.1, 0.15) is 5.75 Å². The molecular formula is C22H28N2O3. The molecule has 1 atom stereocenters. The predicted octanol–water partition coefficient (Wildman–Crippen LogP) is 4.24. The van der Waals surface area contributed by atoms with Gasteiger partial charge < -0.3 is 15.4 Å². The van der Waals surface area contributed by atoms with Crippen molar-refractivity contribution in [3.05, 3.63) is 59.7 Å². The molecule has 27 heavy (non-hydrogen) atoms. The van der Waals surface area contributed by atoms with E-state index in [9.17, 15) is 9.59 Å². The molecule has 0 aliphatic heterocycles. The van der Waals surface area contributed by atoms with E-state index in [1.807, 2.05) is 69.3 Å². The first-order valence-electron chi connectivity index (χ1n) is 9.42. The molecule has 0 aliphatic rings. The maximum atomic E-state index is 12.2. The van der Waals surface area contributed by atoms with Crippen LogP contribution in [0.3, 0.4) is 0 Å². The van der Waals surface area contributed by atoms with Crippen molar-refractivity contribution in [2.45, 2.75) is 46.1 Å². The van der Waals surface area contributed by atoms with Gasteiger partial charge in [-0.3, -0.25) is 9.59 Å². The highest BCUT2D eigenvalue weighted by Gasteiger charge is 2.10. The first-order chi connectivity index (χ1) is 13.0. The van der Waals surface area contributed by atoms with Gasteiger partial charge in [0, 0.05) is 18.5 Å². The Morgan fingerprint density at radius 1 is 0.963 bits per heavy atom. The molecule has 0 aliphatic carbocycles. The third-order valence-corrected chi connectivity index (χ3v) is 4.27. The number of hydrogen-bond acceptors (Lipinski definition) is 3. The minimum atomic E-state index is -0.0891. The zero-order valence-corrected chi connectivity index (χ0v) is 16.2. The van der Waals surface area contributed by atoms with Crippen LogP contribution in [0.1, 0.15) is 50.8 Å². The van der Waals surface area contributed by atoms with Gasteiger partial charge in [-0.1, -0.05) is 31.2 Å². The van der Waals surface area contributed by atoms with Gasteiger partial charge in [-0.05, 0) is 55.7 Å². The quantitative estimate of drug-likeness (QED) is 0.695. The van der Waals surface area contributed by atoms with Crippen LogP contribution < -0.4 is 15.4 Å². The number of amides is 2. The summed E-state index contributed by atoms with van der Waals surface area (Å²) < 4.78 is 5.42. The Bertz CT molecular complexity index is 739. The summed E-state index contributed by atoms with van der Waals surface area (Å²) >= 11 is 0. The van der Waals surface area contributed by atoms with Crippen molar-refractivity contribution in [2.75, 3.05) is 11.9 Å². The Balaban J connectivity index is 1.81. The Kier molecular flexibility index (Phi) is 7.86. The number of anilines is 1. The van der Waals surface area contributed by atoms with E-state index < -0.39 is 0 Å². The molecule has 0 radical (unpaired) electrons. The normalized spacial score (nSPS) is 11.5. The number of aryl methyl sites for hydroxylation is 1. The van der Waals surface area contributed by atoms with Gasteiger partial charge in [0.15, 0.2) is 0 Å². The number of ether oxygens (including phenoxy) is 1. The monoisotopic (exact) mass is 368 g/mol. The lowest BCUT2D eigenvalue weighted by molar-refractivity contribution is -0.121. The van der Waals surface area contributed by atoms with Gasteiger partial charge in [0.05, 0.1) is 12.6 Å². The van der Waals surface area contributed by atoms with Crippen LogP contribution >= 0.6 is 0 Å². The van der Waals surface area contributed by atoms with Crippen LogP contribution in [0.5, 0.6) is 5.75 Å². The Hall–Kier alpha value is -2.82. The highest BCUT2D eigenvalue weighted by molar-refractivity contribution is 5.90. The Morgan fingerprint density at radius 2 is 1.63 bits per heavy atom. The summed E-state index contributed by atoms with van der Waals surface area (Å²) in [6, 6.07) is 15.3. The molecule has 0 bridgehead atoms. The largest absolute Gasteiger partial charge is 0.494 e. The van der Waals surface area contributed by atoms with Gasteiger partial charge in [0.25, 0.3) is 0 Å². The number of carbonyl (C=O) groups is 2. The molecule has 1 unspecified atom stereocenters. The highest BCUT2D eigenvalue weighted by Crippen LogP contribution is 2.17. The number of carbonyl (C=O) groups excluding carboxylic acids is 2. The number of benzene rings is 2. The van der Waals surface area contributed by atoms with Gasteiger partial charge in [0.2, 0.25) is 11.8 Å². The Labute approximate surface area is 161 Å². The van der Waals surface area contributed by atoms with E-state index in [0.29, 0.717) is 25.9 Å². The standard InChI is InChI=1S/C22H28N2O3/c1-4-21(25)24-19-11-9-18(10-12-19)16(3)23-22(26)15-8-17-6-13-20(14-7-17)27-5-2/h6-7,9-14,16H,4-5,8,15H2,1-3H3,(H,23,26)(H,24,25). The van der Waals surface area contributed by atoms with Crippen molar-refractivity contribution in [1.29, 1.82) is 0 Å². The number of hydrogen-bond donors (Lipinski definition) is 2. The van der Waals surface area contributed by atoms with E-state index in [1.165, 1.54) is 0 Å². The van der Waals surface area contributed by atoms with Crippen molar-refractivity contribution in [1.82, 2.24) is 5.32 Å². The second-order valence-corrected chi connectivity index (χ2v) is 6.39. The smallest absolute Gasteiger partial charge is 0.224 e. The number of rotatable bonds is 9. The first kappa shape index (κ1) is 20.5. The fraction of sp³-hybridized carbons (Fsp3) is 0.364. The molecule has 0 saturated carbocycles. The van der Waals surface area contributed by atoms with Crippen molar-refractivity contribution < 1.29 is 14.3 Å². The Morgan fingerprint density at radius 3 is 2.22 bits per heavy atom. The van der Waals surface area contributed by atoms with Crippen LogP contribution in [0.25, 0.3) is 0 Å². The summed E-state index contributed by atoms with van der Waals surface area (Å²) in [7, 11) is 0. The van der Waals surface area contributed by atoms with Gasteiger partial charge in [-0.15, -0.1) is 0 Å². The molecule has 2 N–H and O–H groups in total. The van der Waals surface area contributed by atoms with Gasteiger partial charge >= 0.3 is 0 Å². The maximum absolute atomic E-state index is 12.2. The van der Waals surface area contributed by atoms with E-state index in [-0.39, 0.29) is 17.9 Å². The summed E-state index contributed by atoms with van der Waals surface area (Å²) in [6.45, 7) is 6.36. The summed E-state index contributed by atoms with van der Waals surface area (Å²) in [5.74, 6) is 0.844. The van der Waals surface area contributed by atoms with E-state index in [1.54, 1.807) is 0 Å². The minimum absolute atomic E-state index is 0.0137. The van der Waals surface area contributed by atoms with Gasteiger partial charge in [-0.25, -0.2) is 0 Å². The average Bonchev–Trinajstić information content (AvgIpc) is 2.68. The van der Waals surface area contributed by atoms with E-state index in [2.05, 4.69) is 10.6 Å². The summed E-state index contributed by atoms with van der Waals surface area (Å²) in [5.41, 5.74) is 2.87. The molecule has 2 amide bonds. The molecule has 5 heteroatoms. The fourth-order valence-electron chi connectivity index (χ4n) is 2.68. The fourth-order valence-corrected chi connectivity index (χ4v) is 2.68. The lowest BCUT2D eigenvalue weighted by atomic mass is 10.1. The zero-order valence-electron chi connectivity index (χ0n) is 16.2. The summed E-state index contributed by atoms with van der Waals surface area (Å²) in [5, 5.41) is 5.83. The van der Waals surface area contributed by atoms with E-state index in [4.69, 9.17) is 4.74 Å². The minimum Gasteiger partial charge on any atom is -0.494 e.